The number of piperidine rings is 1. The third kappa shape index (κ3) is 3.57. The lowest BCUT2D eigenvalue weighted by Gasteiger charge is -2.30. The zero-order chi connectivity index (χ0) is 13.8. The highest BCUT2D eigenvalue weighted by Crippen LogP contribution is 2.31. The van der Waals surface area contributed by atoms with Crippen molar-refractivity contribution in [1.82, 2.24) is 10.2 Å². The molecule has 110 valence electrons. The van der Waals surface area contributed by atoms with E-state index in [0.717, 1.165) is 5.92 Å². The molecule has 0 amide bonds. The summed E-state index contributed by atoms with van der Waals surface area (Å²) in [6, 6.07) is 9.51. The molecule has 0 aliphatic carbocycles. The summed E-state index contributed by atoms with van der Waals surface area (Å²) in [7, 11) is 2.24. The molecule has 3 rings (SSSR count). The van der Waals surface area contributed by atoms with Crippen LogP contribution in [0.5, 0.6) is 0 Å². The highest BCUT2D eigenvalue weighted by Gasteiger charge is 2.20. The lowest BCUT2D eigenvalue weighted by molar-refractivity contribution is 0.211. The Kier molecular flexibility index (Phi) is 5.03. The van der Waals surface area contributed by atoms with Crippen LogP contribution in [0.4, 0.5) is 0 Å². The van der Waals surface area contributed by atoms with Gasteiger partial charge in [0.1, 0.15) is 0 Å². The molecule has 1 unspecified atom stereocenters. The van der Waals surface area contributed by atoms with Gasteiger partial charge >= 0.3 is 0 Å². The van der Waals surface area contributed by atoms with Gasteiger partial charge in [0.05, 0.1) is 0 Å². The van der Waals surface area contributed by atoms with Gasteiger partial charge in [0.2, 0.25) is 0 Å². The van der Waals surface area contributed by atoms with Crippen molar-refractivity contribution >= 4 is 11.8 Å². The topological polar surface area (TPSA) is 15.3 Å². The monoisotopic (exact) mass is 290 g/mol. The van der Waals surface area contributed by atoms with Gasteiger partial charge in [0, 0.05) is 17.5 Å². The second kappa shape index (κ2) is 6.97. The Hall–Kier alpha value is -0.510. The van der Waals surface area contributed by atoms with Gasteiger partial charge in [-0.1, -0.05) is 24.3 Å². The molecule has 2 aliphatic rings. The van der Waals surface area contributed by atoms with Crippen LogP contribution in [0, 0.1) is 5.92 Å². The van der Waals surface area contributed by atoms with Gasteiger partial charge in [-0.05, 0) is 63.0 Å². The van der Waals surface area contributed by atoms with Crippen LogP contribution in [-0.4, -0.2) is 37.3 Å². The van der Waals surface area contributed by atoms with E-state index in [4.69, 9.17) is 0 Å². The first-order valence-electron chi connectivity index (χ1n) is 7.90. The third-order valence-electron chi connectivity index (χ3n) is 4.75. The average molecular weight is 290 g/mol. The standard InChI is InChI=1S/C17H26N2S/c1-19-10-7-14(8-11-19)6-9-18-17-13-20-12-15-4-2-3-5-16(15)17/h2-5,14,17-18H,6-13H2,1H3. The number of likely N-dealkylation sites (tertiary alicyclic amines) is 1. The zero-order valence-corrected chi connectivity index (χ0v) is 13.3. The Morgan fingerprint density at radius 3 is 2.90 bits per heavy atom. The quantitative estimate of drug-likeness (QED) is 0.916. The molecule has 3 heteroatoms. The molecule has 0 spiro atoms. The number of nitrogens with zero attached hydrogens (tertiary/aromatic N) is 1. The molecule has 2 nitrogen and oxygen atoms in total. The van der Waals surface area contributed by atoms with E-state index in [1.165, 1.54) is 61.5 Å². The number of thioether (sulfide) groups is 1. The summed E-state index contributed by atoms with van der Waals surface area (Å²) >= 11 is 2.06. The van der Waals surface area contributed by atoms with Gasteiger partial charge in [-0.15, -0.1) is 0 Å². The van der Waals surface area contributed by atoms with E-state index in [2.05, 4.69) is 53.3 Å². The van der Waals surface area contributed by atoms with Crippen molar-refractivity contribution in [3.05, 3.63) is 35.4 Å². The maximum atomic E-state index is 3.80. The van der Waals surface area contributed by atoms with Crippen molar-refractivity contribution in [1.29, 1.82) is 0 Å². The molecule has 0 bridgehead atoms. The molecule has 0 radical (unpaired) electrons. The Balaban J connectivity index is 1.47. The first-order valence-corrected chi connectivity index (χ1v) is 9.06. The average Bonchev–Trinajstić information content (AvgIpc) is 2.49. The second-order valence-electron chi connectivity index (χ2n) is 6.26. The Morgan fingerprint density at radius 1 is 1.25 bits per heavy atom. The predicted octanol–water partition coefficient (Wildman–Crippen LogP) is 3.30. The first-order chi connectivity index (χ1) is 9.83. The number of rotatable bonds is 4. The van der Waals surface area contributed by atoms with E-state index < -0.39 is 0 Å². The Labute approximate surface area is 127 Å². The van der Waals surface area contributed by atoms with Crippen LogP contribution in [0.1, 0.15) is 36.4 Å². The first kappa shape index (κ1) is 14.4. The van der Waals surface area contributed by atoms with E-state index in [1.54, 1.807) is 0 Å². The highest BCUT2D eigenvalue weighted by atomic mass is 32.2. The van der Waals surface area contributed by atoms with Gasteiger partial charge in [0.25, 0.3) is 0 Å². The lowest BCUT2D eigenvalue weighted by Crippen LogP contribution is -2.33. The summed E-state index contributed by atoms with van der Waals surface area (Å²) in [5.41, 5.74) is 3.06. The van der Waals surface area contributed by atoms with Crippen LogP contribution >= 0.6 is 11.8 Å². The fourth-order valence-electron chi connectivity index (χ4n) is 3.36. The number of nitrogens with one attached hydrogen (secondary N) is 1. The SMILES string of the molecule is CN1CCC(CCNC2CSCc3ccccc32)CC1. The van der Waals surface area contributed by atoms with Crippen LogP contribution in [0.25, 0.3) is 0 Å². The van der Waals surface area contributed by atoms with Gasteiger partial charge in [0.15, 0.2) is 0 Å². The van der Waals surface area contributed by atoms with Gasteiger partial charge in [-0.2, -0.15) is 11.8 Å². The minimum absolute atomic E-state index is 0.566. The van der Waals surface area contributed by atoms with Crippen molar-refractivity contribution < 1.29 is 0 Å². The van der Waals surface area contributed by atoms with Gasteiger partial charge < -0.3 is 10.2 Å². The molecule has 0 aromatic heterocycles. The van der Waals surface area contributed by atoms with Crippen LogP contribution < -0.4 is 5.32 Å². The minimum Gasteiger partial charge on any atom is -0.309 e. The van der Waals surface area contributed by atoms with E-state index in [9.17, 15) is 0 Å². The number of hydrogen-bond acceptors (Lipinski definition) is 3. The molecule has 20 heavy (non-hydrogen) atoms. The molecule has 1 N–H and O–H groups in total. The lowest BCUT2D eigenvalue weighted by atomic mass is 9.93. The van der Waals surface area contributed by atoms with Crippen molar-refractivity contribution in [3.63, 3.8) is 0 Å². The zero-order valence-electron chi connectivity index (χ0n) is 12.5. The van der Waals surface area contributed by atoms with Crippen molar-refractivity contribution in [2.24, 2.45) is 5.92 Å². The molecular formula is C17H26N2S. The molecule has 1 fully saturated rings. The normalized spacial score (nSPS) is 24.6. The van der Waals surface area contributed by atoms with E-state index in [-0.39, 0.29) is 0 Å². The van der Waals surface area contributed by atoms with Crippen molar-refractivity contribution in [2.45, 2.75) is 31.1 Å². The molecule has 1 atom stereocenters. The van der Waals surface area contributed by atoms with E-state index in [1.807, 2.05) is 0 Å². The van der Waals surface area contributed by atoms with Crippen molar-refractivity contribution in [3.8, 4) is 0 Å². The predicted molar refractivity (Wildman–Crippen MR) is 88.2 cm³/mol. The summed E-state index contributed by atoms with van der Waals surface area (Å²) in [6.07, 6.45) is 4.11. The fraction of sp³-hybridized carbons (Fsp3) is 0.647. The molecular weight excluding hydrogens is 264 g/mol. The third-order valence-corrected chi connectivity index (χ3v) is 5.84. The summed E-state index contributed by atoms with van der Waals surface area (Å²) in [4.78, 5) is 2.46. The summed E-state index contributed by atoms with van der Waals surface area (Å²) in [5.74, 6) is 3.35. The number of fused-ring (bicyclic) bond motifs is 1. The maximum Gasteiger partial charge on any atom is 0.0415 e. The van der Waals surface area contributed by atoms with Crippen LogP contribution in [0.2, 0.25) is 0 Å². The van der Waals surface area contributed by atoms with Crippen LogP contribution in [0.15, 0.2) is 24.3 Å². The van der Waals surface area contributed by atoms with Crippen LogP contribution in [0.3, 0.4) is 0 Å². The molecule has 1 saturated heterocycles. The molecule has 2 aliphatic heterocycles. The van der Waals surface area contributed by atoms with E-state index in [0.29, 0.717) is 6.04 Å². The summed E-state index contributed by atoms with van der Waals surface area (Å²) in [6.45, 7) is 3.74. The second-order valence-corrected chi connectivity index (χ2v) is 7.29. The highest BCUT2D eigenvalue weighted by molar-refractivity contribution is 7.98. The maximum absolute atomic E-state index is 3.80. The molecule has 1 aromatic rings. The van der Waals surface area contributed by atoms with E-state index >= 15 is 0 Å². The fourth-order valence-corrected chi connectivity index (χ4v) is 4.50. The molecule has 1 aromatic carbocycles. The molecule has 2 heterocycles. The summed E-state index contributed by atoms with van der Waals surface area (Å²) in [5, 5.41) is 3.80. The van der Waals surface area contributed by atoms with Crippen LogP contribution in [-0.2, 0) is 5.75 Å². The Bertz CT molecular complexity index is 427. The number of hydrogen-bond donors (Lipinski definition) is 1. The molecule has 0 saturated carbocycles. The minimum atomic E-state index is 0.566. The van der Waals surface area contributed by atoms with Gasteiger partial charge in [-0.25, -0.2) is 0 Å². The summed E-state index contributed by atoms with van der Waals surface area (Å²) < 4.78 is 0. The smallest absolute Gasteiger partial charge is 0.0415 e. The van der Waals surface area contributed by atoms with Crippen molar-refractivity contribution in [2.75, 3.05) is 32.4 Å². The largest absolute Gasteiger partial charge is 0.309 e. The van der Waals surface area contributed by atoms with Gasteiger partial charge in [-0.3, -0.25) is 0 Å². The number of benzene rings is 1. The Morgan fingerprint density at radius 2 is 2.05 bits per heavy atom.